The van der Waals surface area contributed by atoms with Crippen molar-refractivity contribution in [3.8, 4) is 0 Å². The molecule has 7 heteroatoms. The zero-order valence-corrected chi connectivity index (χ0v) is 11.5. The van der Waals surface area contributed by atoms with E-state index in [1.54, 1.807) is 4.90 Å². The highest BCUT2D eigenvalue weighted by Gasteiger charge is 2.36. The van der Waals surface area contributed by atoms with Crippen LogP contribution in [0.2, 0.25) is 0 Å². The largest absolute Gasteiger partial charge is 0.394 e. The second-order valence-corrected chi connectivity index (χ2v) is 5.33. The zero-order valence-electron chi connectivity index (χ0n) is 11.5. The SMILES string of the molecule is CCc1nc(C(=O)N2CC(CO)OC(C)(C)C2)n[nH]1. The van der Waals surface area contributed by atoms with Crippen LogP contribution >= 0.6 is 0 Å². The molecule has 7 nitrogen and oxygen atoms in total. The van der Waals surface area contributed by atoms with Crippen LogP contribution < -0.4 is 0 Å². The van der Waals surface area contributed by atoms with Crippen molar-refractivity contribution in [3.63, 3.8) is 0 Å². The molecule has 0 aromatic carbocycles. The predicted octanol–water partition coefficient (Wildman–Crippen LogP) is -0.0210. The number of rotatable bonds is 3. The lowest BCUT2D eigenvalue weighted by Crippen LogP contribution is -2.55. The molecule has 2 N–H and O–H groups in total. The number of aliphatic hydroxyl groups is 1. The van der Waals surface area contributed by atoms with Crippen LogP contribution in [0.1, 0.15) is 37.2 Å². The van der Waals surface area contributed by atoms with Crippen LogP contribution in [0.4, 0.5) is 0 Å². The van der Waals surface area contributed by atoms with E-state index in [1.165, 1.54) is 0 Å². The fourth-order valence-electron chi connectivity index (χ4n) is 2.24. The van der Waals surface area contributed by atoms with Gasteiger partial charge in [0.2, 0.25) is 5.82 Å². The maximum absolute atomic E-state index is 12.3. The number of hydrogen-bond acceptors (Lipinski definition) is 5. The van der Waals surface area contributed by atoms with Gasteiger partial charge < -0.3 is 14.7 Å². The molecule has 0 bridgehead atoms. The first-order chi connectivity index (χ1) is 8.95. The summed E-state index contributed by atoms with van der Waals surface area (Å²) in [6.45, 7) is 6.43. The molecule has 1 fully saturated rings. The maximum atomic E-state index is 12.3. The number of H-pyrrole nitrogens is 1. The number of nitrogens with zero attached hydrogens (tertiary/aromatic N) is 3. The number of morpholine rings is 1. The molecule has 2 rings (SSSR count). The van der Waals surface area contributed by atoms with Crippen LogP contribution in [0.25, 0.3) is 0 Å². The summed E-state index contributed by atoms with van der Waals surface area (Å²) >= 11 is 0. The Bertz CT molecular complexity index is 458. The number of amides is 1. The summed E-state index contributed by atoms with van der Waals surface area (Å²) in [4.78, 5) is 18.1. The molecule has 1 aliphatic rings. The van der Waals surface area contributed by atoms with E-state index in [1.807, 2.05) is 20.8 Å². The summed E-state index contributed by atoms with van der Waals surface area (Å²) in [6.07, 6.45) is 0.339. The van der Waals surface area contributed by atoms with E-state index >= 15 is 0 Å². The van der Waals surface area contributed by atoms with Gasteiger partial charge in [0.1, 0.15) is 5.82 Å². The molecule has 0 saturated carbocycles. The molecule has 1 atom stereocenters. The molecule has 19 heavy (non-hydrogen) atoms. The second kappa shape index (κ2) is 5.26. The molecular formula is C12H20N4O3. The third kappa shape index (κ3) is 3.10. The van der Waals surface area contributed by atoms with Crippen LogP contribution in [0.15, 0.2) is 0 Å². The van der Waals surface area contributed by atoms with E-state index in [2.05, 4.69) is 15.2 Å². The predicted molar refractivity (Wildman–Crippen MR) is 67.7 cm³/mol. The Morgan fingerprint density at radius 1 is 1.63 bits per heavy atom. The molecule has 1 unspecified atom stereocenters. The van der Waals surface area contributed by atoms with E-state index < -0.39 is 5.60 Å². The van der Waals surface area contributed by atoms with Crippen molar-refractivity contribution in [1.29, 1.82) is 0 Å². The van der Waals surface area contributed by atoms with Gasteiger partial charge >= 0.3 is 0 Å². The van der Waals surface area contributed by atoms with Gasteiger partial charge in [-0.1, -0.05) is 6.92 Å². The first kappa shape index (κ1) is 14.0. The fraction of sp³-hybridized carbons (Fsp3) is 0.750. The first-order valence-corrected chi connectivity index (χ1v) is 6.44. The van der Waals surface area contributed by atoms with Gasteiger partial charge in [0.05, 0.1) is 18.3 Å². The van der Waals surface area contributed by atoms with Gasteiger partial charge in [-0.25, -0.2) is 4.98 Å². The van der Waals surface area contributed by atoms with Gasteiger partial charge in [-0.15, -0.1) is 5.10 Å². The van der Waals surface area contributed by atoms with Gasteiger partial charge in [0.25, 0.3) is 5.91 Å². The van der Waals surface area contributed by atoms with Crippen LogP contribution in [-0.2, 0) is 11.2 Å². The smallest absolute Gasteiger partial charge is 0.293 e. The van der Waals surface area contributed by atoms with Gasteiger partial charge in [0.15, 0.2) is 0 Å². The Kier molecular flexibility index (Phi) is 3.86. The third-order valence-corrected chi connectivity index (χ3v) is 3.03. The van der Waals surface area contributed by atoms with Crippen molar-refractivity contribution in [3.05, 3.63) is 11.6 Å². The van der Waals surface area contributed by atoms with Crippen molar-refractivity contribution in [2.45, 2.75) is 38.9 Å². The quantitative estimate of drug-likeness (QED) is 0.804. The molecule has 1 aromatic rings. The van der Waals surface area contributed by atoms with Crippen LogP contribution in [-0.4, -0.2) is 62.5 Å². The second-order valence-electron chi connectivity index (χ2n) is 5.33. The highest BCUT2D eigenvalue weighted by Crippen LogP contribution is 2.21. The third-order valence-electron chi connectivity index (χ3n) is 3.03. The Hall–Kier alpha value is -1.47. The molecule has 0 aliphatic carbocycles. The van der Waals surface area contributed by atoms with Crippen molar-refractivity contribution in [1.82, 2.24) is 20.1 Å². The maximum Gasteiger partial charge on any atom is 0.293 e. The zero-order chi connectivity index (χ0) is 14.0. The molecule has 106 valence electrons. The number of aromatic amines is 1. The minimum Gasteiger partial charge on any atom is -0.394 e. The lowest BCUT2D eigenvalue weighted by molar-refractivity contribution is -0.139. The summed E-state index contributed by atoms with van der Waals surface area (Å²) in [7, 11) is 0. The molecule has 0 spiro atoms. The Morgan fingerprint density at radius 2 is 2.37 bits per heavy atom. The molecular weight excluding hydrogens is 248 g/mol. The standard InChI is InChI=1S/C12H20N4O3/c1-4-9-13-10(15-14-9)11(18)16-5-8(6-17)19-12(2,3)7-16/h8,17H,4-7H2,1-3H3,(H,13,14,15). The number of carbonyl (C=O) groups excluding carboxylic acids is 1. The van der Waals surface area contributed by atoms with E-state index in [9.17, 15) is 9.90 Å². The summed E-state index contributed by atoms with van der Waals surface area (Å²) in [5, 5.41) is 15.9. The van der Waals surface area contributed by atoms with Crippen LogP contribution in [0, 0.1) is 0 Å². The number of nitrogens with one attached hydrogen (secondary N) is 1. The van der Waals surface area contributed by atoms with Crippen molar-refractivity contribution in [2.75, 3.05) is 19.7 Å². The Balaban J connectivity index is 2.13. The first-order valence-electron chi connectivity index (χ1n) is 6.44. The number of aromatic nitrogens is 3. The highest BCUT2D eigenvalue weighted by atomic mass is 16.5. The molecule has 2 heterocycles. The summed E-state index contributed by atoms with van der Waals surface area (Å²) < 4.78 is 5.67. The highest BCUT2D eigenvalue weighted by molar-refractivity contribution is 5.90. The Morgan fingerprint density at radius 3 is 2.95 bits per heavy atom. The number of aliphatic hydroxyl groups excluding tert-OH is 1. The number of ether oxygens (including phenoxy) is 1. The number of carbonyl (C=O) groups is 1. The van der Waals surface area contributed by atoms with Crippen molar-refractivity contribution < 1.29 is 14.6 Å². The van der Waals surface area contributed by atoms with Gasteiger partial charge in [-0.3, -0.25) is 9.89 Å². The minimum absolute atomic E-state index is 0.110. The van der Waals surface area contributed by atoms with Crippen LogP contribution in [0.5, 0.6) is 0 Å². The lowest BCUT2D eigenvalue weighted by Gasteiger charge is -2.41. The summed E-state index contributed by atoms with van der Waals surface area (Å²) in [6, 6.07) is 0. The number of hydrogen-bond donors (Lipinski definition) is 2. The topological polar surface area (TPSA) is 91.3 Å². The number of aryl methyl sites for hydroxylation is 1. The molecule has 1 aliphatic heterocycles. The van der Waals surface area contributed by atoms with Crippen molar-refractivity contribution >= 4 is 5.91 Å². The van der Waals surface area contributed by atoms with E-state index in [4.69, 9.17) is 4.74 Å². The minimum atomic E-state index is -0.481. The van der Waals surface area contributed by atoms with Gasteiger partial charge in [0, 0.05) is 19.5 Å². The molecule has 0 radical (unpaired) electrons. The average Bonchev–Trinajstić information content (AvgIpc) is 2.84. The fourth-order valence-corrected chi connectivity index (χ4v) is 2.24. The normalized spacial score (nSPS) is 22.5. The van der Waals surface area contributed by atoms with Gasteiger partial charge in [-0.2, -0.15) is 0 Å². The molecule has 1 saturated heterocycles. The average molecular weight is 268 g/mol. The Labute approximate surface area is 112 Å². The van der Waals surface area contributed by atoms with Gasteiger partial charge in [-0.05, 0) is 13.8 Å². The van der Waals surface area contributed by atoms with E-state index in [-0.39, 0.29) is 24.4 Å². The van der Waals surface area contributed by atoms with Crippen molar-refractivity contribution in [2.24, 2.45) is 0 Å². The van der Waals surface area contributed by atoms with Crippen LogP contribution in [0.3, 0.4) is 0 Å². The molecule has 1 aromatic heterocycles. The summed E-state index contributed by atoms with van der Waals surface area (Å²) in [5.41, 5.74) is -0.481. The van der Waals surface area contributed by atoms with E-state index in [0.29, 0.717) is 25.3 Å². The monoisotopic (exact) mass is 268 g/mol. The molecule has 1 amide bonds. The summed E-state index contributed by atoms with van der Waals surface area (Å²) in [5.74, 6) is 0.631. The lowest BCUT2D eigenvalue weighted by atomic mass is 10.1. The van der Waals surface area contributed by atoms with E-state index in [0.717, 1.165) is 0 Å².